The molecule has 0 atom stereocenters. The van der Waals surface area contributed by atoms with Crippen LogP contribution in [0.5, 0.6) is 0 Å². The zero-order valence-corrected chi connectivity index (χ0v) is 13.4. The predicted octanol–water partition coefficient (Wildman–Crippen LogP) is 1.13. The third kappa shape index (κ3) is 3.48. The van der Waals surface area contributed by atoms with Gasteiger partial charge in [0.1, 0.15) is 5.69 Å². The van der Waals surface area contributed by atoms with Crippen LogP contribution in [-0.2, 0) is 0 Å². The Hall–Kier alpha value is -2.47. The van der Waals surface area contributed by atoms with Gasteiger partial charge in [-0.25, -0.2) is 4.79 Å². The second-order valence-electron chi connectivity index (χ2n) is 5.95. The highest BCUT2D eigenvalue weighted by atomic mass is 16.2. The molecule has 120 valence electrons. The van der Waals surface area contributed by atoms with Crippen molar-refractivity contribution in [3.05, 3.63) is 52.1 Å². The molecule has 1 aliphatic heterocycles. The van der Waals surface area contributed by atoms with Crippen molar-refractivity contribution in [2.75, 3.05) is 33.2 Å². The van der Waals surface area contributed by atoms with Crippen LogP contribution < -0.4 is 5.69 Å². The van der Waals surface area contributed by atoms with E-state index in [4.69, 9.17) is 0 Å². The molecule has 0 saturated carbocycles. The maximum absolute atomic E-state index is 12.6. The number of likely N-dealkylation sites (N-methyl/N-ethyl adjacent to an activating group) is 1. The number of benzene rings is 1. The van der Waals surface area contributed by atoms with Crippen LogP contribution in [0.25, 0.3) is 11.3 Å². The first-order valence-electron chi connectivity index (χ1n) is 7.69. The Morgan fingerprint density at radius 1 is 1.13 bits per heavy atom. The van der Waals surface area contributed by atoms with Crippen LogP contribution in [-0.4, -0.2) is 58.9 Å². The molecule has 0 radical (unpaired) electrons. The quantitative estimate of drug-likeness (QED) is 0.902. The first kappa shape index (κ1) is 15.4. The summed E-state index contributed by atoms with van der Waals surface area (Å²) in [5, 5.41) is 0. The van der Waals surface area contributed by atoms with Gasteiger partial charge in [-0.3, -0.25) is 4.79 Å². The monoisotopic (exact) mass is 312 g/mol. The molecule has 0 unspecified atom stereocenters. The van der Waals surface area contributed by atoms with Gasteiger partial charge in [0.05, 0.1) is 5.69 Å². The summed E-state index contributed by atoms with van der Waals surface area (Å²) in [6, 6.07) is 9.38. The first-order chi connectivity index (χ1) is 11.0. The summed E-state index contributed by atoms with van der Waals surface area (Å²) >= 11 is 0. The fourth-order valence-electron chi connectivity index (χ4n) is 2.62. The smallest absolute Gasteiger partial charge is 0.335 e. The maximum Gasteiger partial charge on any atom is 0.346 e. The molecule has 0 aliphatic carbocycles. The highest BCUT2D eigenvalue weighted by Gasteiger charge is 2.21. The van der Waals surface area contributed by atoms with Crippen molar-refractivity contribution in [1.82, 2.24) is 19.8 Å². The Balaban J connectivity index is 1.90. The molecule has 1 aromatic heterocycles. The van der Waals surface area contributed by atoms with Crippen molar-refractivity contribution in [2.45, 2.75) is 6.92 Å². The summed E-state index contributed by atoms with van der Waals surface area (Å²) in [7, 11) is 2.03. The van der Waals surface area contributed by atoms with Crippen molar-refractivity contribution in [3.8, 4) is 11.3 Å². The molecule has 0 bridgehead atoms. The van der Waals surface area contributed by atoms with E-state index < -0.39 is 5.69 Å². The van der Waals surface area contributed by atoms with Gasteiger partial charge in [-0.1, -0.05) is 29.8 Å². The number of aromatic amines is 1. The van der Waals surface area contributed by atoms with Crippen LogP contribution in [0.4, 0.5) is 0 Å². The van der Waals surface area contributed by atoms with E-state index in [9.17, 15) is 9.59 Å². The lowest BCUT2D eigenvalue weighted by molar-refractivity contribution is 0.0657. The standard InChI is InChI=1S/C17H20N4O2/c1-12-3-5-13(6-4-12)14-11-15(19-17(23)18-14)16(22)21-9-7-20(2)8-10-21/h3-6,11H,7-10H2,1-2H3,(H,18,19,23). The number of nitrogens with one attached hydrogen (secondary N) is 1. The lowest BCUT2D eigenvalue weighted by atomic mass is 10.1. The molecule has 1 N–H and O–H groups in total. The molecule has 3 rings (SSSR count). The lowest BCUT2D eigenvalue weighted by Gasteiger charge is -2.32. The predicted molar refractivity (Wildman–Crippen MR) is 88.4 cm³/mol. The topological polar surface area (TPSA) is 69.3 Å². The first-order valence-corrected chi connectivity index (χ1v) is 7.69. The van der Waals surface area contributed by atoms with Gasteiger partial charge < -0.3 is 14.8 Å². The molecule has 6 nitrogen and oxygen atoms in total. The van der Waals surface area contributed by atoms with Gasteiger partial charge in [0.25, 0.3) is 5.91 Å². The summed E-state index contributed by atoms with van der Waals surface area (Å²) in [5.41, 5.74) is 2.28. The van der Waals surface area contributed by atoms with Crippen LogP contribution in [0.2, 0.25) is 0 Å². The summed E-state index contributed by atoms with van der Waals surface area (Å²) in [4.78, 5) is 34.9. The van der Waals surface area contributed by atoms with Gasteiger partial charge in [0.2, 0.25) is 0 Å². The third-order valence-electron chi connectivity index (χ3n) is 4.11. The Bertz CT molecular complexity index is 759. The zero-order valence-electron chi connectivity index (χ0n) is 13.4. The summed E-state index contributed by atoms with van der Waals surface area (Å²) in [5.74, 6) is -0.147. The summed E-state index contributed by atoms with van der Waals surface area (Å²) in [6.45, 7) is 5.01. The molecule has 23 heavy (non-hydrogen) atoms. The van der Waals surface area contributed by atoms with Crippen molar-refractivity contribution < 1.29 is 4.79 Å². The summed E-state index contributed by atoms with van der Waals surface area (Å²) < 4.78 is 0. The maximum atomic E-state index is 12.6. The number of H-pyrrole nitrogens is 1. The zero-order chi connectivity index (χ0) is 16.4. The Labute approximate surface area is 134 Å². The highest BCUT2D eigenvalue weighted by molar-refractivity contribution is 5.93. The van der Waals surface area contributed by atoms with Crippen LogP contribution in [0.3, 0.4) is 0 Å². The third-order valence-corrected chi connectivity index (χ3v) is 4.11. The van der Waals surface area contributed by atoms with Gasteiger partial charge in [-0.2, -0.15) is 4.98 Å². The second-order valence-corrected chi connectivity index (χ2v) is 5.95. The van der Waals surface area contributed by atoms with Crippen LogP contribution >= 0.6 is 0 Å². The number of rotatable bonds is 2. The highest BCUT2D eigenvalue weighted by Crippen LogP contribution is 2.17. The average molecular weight is 312 g/mol. The fourth-order valence-corrected chi connectivity index (χ4v) is 2.62. The van der Waals surface area contributed by atoms with Gasteiger partial charge in [-0.15, -0.1) is 0 Å². The van der Waals surface area contributed by atoms with E-state index in [0.717, 1.165) is 24.2 Å². The second kappa shape index (κ2) is 6.34. The van der Waals surface area contributed by atoms with Crippen molar-refractivity contribution >= 4 is 5.91 Å². The number of carbonyl (C=O) groups is 1. The fraction of sp³-hybridized carbons (Fsp3) is 0.353. The molecule has 1 aliphatic rings. The Morgan fingerprint density at radius 2 is 1.78 bits per heavy atom. The van der Waals surface area contributed by atoms with Crippen molar-refractivity contribution in [2.24, 2.45) is 0 Å². The summed E-state index contributed by atoms with van der Waals surface area (Å²) in [6.07, 6.45) is 0. The van der Waals surface area contributed by atoms with E-state index in [1.807, 2.05) is 38.2 Å². The van der Waals surface area contributed by atoms with E-state index in [1.165, 1.54) is 0 Å². The van der Waals surface area contributed by atoms with Gasteiger partial charge in [0.15, 0.2) is 0 Å². The number of amides is 1. The normalized spacial score (nSPS) is 15.7. The number of hydrogen-bond acceptors (Lipinski definition) is 4. The van der Waals surface area contributed by atoms with E-state index in [0.29, 0.717) is 24.5 Å². The molecule has 6 heteroatoms. The Kier molecular flexibility index (Phi) is 4.25. The average Bonchev–Trinajstić information content (AvgIpc) is 2.55. The van der Waals surface area contributed by atoms with Crippen molar-refractivity contribution in [1.29, 1.82) is 0 Å². The van der Waals surface area contributed by atoms with E-state index in [1.54, 1.807) is 11.0 Å². The number of carbonyl (C=O) groups excluding carboxylic acids is 1. The molecule has 1 saturated heterocycles. The van der Waals surface area contributed by atoms with E-state index in [-0.39, 0.29) is 5.91 Å². The minimum Gasteiger partial charge on any atom is -0.335 e. The molecule has 1 amide bonds. The van der Waals surface area contributed by atoms with Crippen LogP contribution in [0.1, 0.15) is 16.1 Å². The number of hydrogen-bond donors (Lipinski definition) is 1. The molecule has 1 aromatic carbocycles. The number of nitrogens with zero attached hydrogens (tertiary/aromatic N) is 3. The van der Waals surface area contributed by atoms with E-state index >= 15 is 0 Å². The number of piperazine rings is 1. The van der Waals surface area contributed by atoms with Crippen LogP contribution in [0.15, 0.2) is 35.1 Å². The molecular weight excluding hydrogens is 292 g/mol. The van der Waals surface area contributed by atoms with Gasteiger partial charge in [-0.05, 0) is 20.0 Å². The van der Waals surface area contributed by atoms with Gasteiger partial charge in [0, 0.05) is 31.7 Å². The number of aromatic nitrogens is 2. The largest absolute Gasteiger partial charge is 0.346 e. The molecule has 1 fully saturated rings. The molecular formula is C17H20N4O2. The number of aryl methyl sites for hydroxylation is 1. The minimum atomic E-state index is -0.499. The van der Waals surface area contributed by atoms with Gasteiger partial charge >= 0.3 is 5.69 Å². The van der Waals surface area contributed by atoms with E-state index in [2.05, 4.69) is 14.9 Å². The van der Waals surface area contributed by atoms with Crippen molar-refractivity contribution in [3.63, 3.8) is 0 Å². The molecule has 2 aromatic rings. The SMILES string of the molecule is Cc1ccc(-c2cc(C(=O)N3CCN(C)CC3)[nH]c(=O)n2)cc1. The molecule has 0 spiro atoms. The Morgan fingerprint density at radius 3 is 2.43 bits per heavy atom. The molecule has 2 heterocycles. The minimum absolute atomic E-state index is 0.147. The lowest BCUT2D eigenvalue weighted by Crippen LogP contribution is -2.47. The van der Waals surface area contributed by atoms with Crippen LogP contribution in [0, 0.1) is 6.92 Å².